The van der Waals surface area contributed by atoms with Gasteiger partial charge in [0, 0.05) is 14.7 Å². The molecule has 0 aliphatic heterocycles. The zero-order valence-corrected chi connectivity index (χ0v) is 13.9. The van der Waals surface area contributed by atoms with Crippen molar-refractivity contribution in [2.75, 3.05) is 0 Å². The minimum atomic E-state index is -0.559. The first-order valence-corrected chi connectivity index (χ1v) is 10.5. The van der Waals surface area contributed by atoms with Crippen LogP contribution in [-0.4, -0.2) is 14.7 Å². The Bertz CT molecular complexity index is 580. The highest BCUT2D eigenvalue weighted by molar-refractivity contribution is 6.58. The summed E-state index contributed by atoms with van der Waals surface area (Å²) in [7, 11) is -0.559. The van der Waals surface area contributed by atoms with E-state index in [9.17, 15) is 4.79 Å². The molecule has 2 aliphatic rings. The Labute approximate surface area is 129 Å². The number of benzene rings is 1. The third kappa shape index (κ3) is 2.18. The first-order valence-electron chi connectivity index (χ1n) is 7.94. The molecule has 0 bridgehead atoms. The monoisotopic (exact) mass is 298 g/mol. The van der Waals surface area contributed by atoms with Crippen molar-refractivity contribution in [1.82, 2.24) is 0 Å². The topological polar surface area (TPSA) is 43.1 Å². The molecule has 0 spiro atoms. The fourth-order valence-corrected chi connectivity index (χ4v) is 6.80. The Morgan fingerprint density at radius 1 is 1.29 bits per heavy atom. The van der Waals surface area contributed by atoms with Crippen molar-refractivity contribution < 1.29 is 4.79 Å². The quantitative estimate of drug-likeness (QED) is 0.843. The van der Waals surface area contributed by atoms with Crippen molar-refractivity contribution in [3.05, 3.63) is 41.5 Å². The summed E-state index contributed by atoms with van der Waals surface area (Å²) >= 11 is 0. The maximum absolute atomic E-state index is 12.6. The van der Waals surface area contributed by atoms with Crippen LogP contribution >= 0.6 is 0 Å². The number of nitrogens with two attached hydrogens (primary N) is 1. The molecule has 1 radical (unpaired) electrons. The van der Waals surface area contributed by atoms with E-state index in [2.05, 4.69) is 49.5 Å². The summed E-state index contributed by atoms with van der Waals surface area (Å²) in [5, 5.41) is 0. The third-order valence-electron chi connectivity index (χ3n) is 5.47. The van der Waals surface area contributed by atoms with Crippen molar-refractivity contribution in [1.29, 1.82) is 0 Å². The number of fused-ring (bicyclic) bond motifs is 1. The van der Waals surface area contributed by atoms with Crippen molar-refractivity contribution in [2.45, 2.75) is 50.2 Å². The van der Waals surface area contributed by atoms with Gasteiger partial charge in [-0.3, -0.25) is 4.79 Å². The zero-order chi connectivity index (χ0) is 15.0. The van der Waals surface area contributed by atoms with Crippen molar-refractivity contribution in [3.63, 3.8) is 0 Å². The molecular weight excluding hydrogens is 274 g/mol. The van der Waals surface area contributed by atoms with E-state index in [0.717, 1.165) is 19.3 Å². The first-order chi connectivity index (χ1) is 10.1. The summed E-state index contributed by atoms with van der Waals surface area (Å²) in [6.45, 7) is 4.67. The van der Waals surface area contributed by atoms with Crippen LogP contribution in [0, 0.1) is 5.41 Å². The standard InChI is InChI=1S/C18H24NOSi/c1-21(2)16-9-5-6-12-18(16,17(19)20)15-11-10-13-7-3-4-8-14(13)15/h3-4,7-8,10-11,15-16H,5-6,9,12H2,1-2H3,(H2,19,20). The predicted molar refractivity (Wildman–Crippen MR) is 89.5 cm³/mol. The number of primary amides is 1. The molecule has 2 nitrogen and oxygen atoms in total. The van der Waals surface area contributed by atoms with Gasteiger partial charge >= 0.3 is 0 Å². The van der Waals surface area contributed by atoms with Crippen LogP contribution in [0.4, 0.5) is 0 Å². The molecule has 2 aliphatic carbocycles. The predicted octanol–water partition coefficient (Wildman–Crippen LogP) is 3.97. The van der Waals surface area contributed by atoms with Gasteiger partial charge in [0.05, 0.1) is 5.41 Å². The van der Waals surface area contributed by atoms with E-state index in [1.807, 2.05) is 0 Å². The Balaban J connectivity index is 2.10. The smallest absolute Gasteiger partial charge is 0.224 e. The van der Waals surface area contributed by atoms with Crippen LogP contribution in [0.2, 0.25) is 18.6 Å². The second-order valence-electron chi connectivity index (χ2n) is 6.75. The number of rotatable bonds is 3. The van der Waals surface area contributed by atoms with Crippen molar-refractivity contribution in [3.8, 4) is 0 Å². The highest BCUT2D eigenvalue weighted by atomic mass is 28.3. The molecule has 0 aromatic heterocycles. The number of carbonyl (C=O) groups is 1. The number of carbonyl (C=O) groups excluding carboxylic acids is 1. The Hall–Kier alpha value is -1.35. The number of allylic oxidation sites excluding steroid dienone is 1. The van der Waals surface area contributed by atoms with Gasteiger partial charge in [0.1, 0.15) is 0 Å². The largest absolute Gasteiger partial charge is 0.369 e. The lowest BCUT2D eigenvalue weighted by Crippen LogP contribution is -2.49. The lowest BCUT2D eigenvalue weighted by molar-refractivity contribution is -0.130. The van der Waals surface area contributed by atoms with Crippen LogP contribution in [0.15, 0.2) is 30.3 Å². The molecule has 111 valence electrons. The highest BCUT2D eigenvalue weighted by Gasteiger charge is 2.52. The van der Waals surface area contributed by atoms with Crippen molar-refractivity contribution in [2.24, 2.45) is 11.1 Å². The average Bonchev–Trinajstić information content (AvgIpc) is 2.91. The van der Waals surface area contributed by atoms with Crippen LogP contribution in [-0.2, 0) is 4.79 Å². The van der Waals surface area contributed by atoms with Gasteiger partial charge in [0.25, 0.3) is 0 Å². The summed E-state index contributed by atoms with van der Waals surface area (Å²) in [5.74, 6) is 0.0983. The summed E-state index contributed by atoms with van der Waals surface area (Å²) < 4.78 is 0. The third-order valence-corrected chi connectivity index (χ3v) is 7.66. The van der Waals surface area contributed by atoms with Crippen molar-refractivity contribution >= 4 is 20.8 Å². The second-order valence-corrected chi connectivity index (χ2v) is 9.60. The summed E-state index contributed by atoms with van der Waals surface area (Å²) in [4.78, 5) is 12.6. The lowest BCUT2D eigenvalue weighted by Gasteiger charge is -2.47. The Kier molecular flexibility index (Phi) is 3.78. The molecule has 3 unspecified atom stereocenters. The van der Waals surface area contributed by atoms with E-state index in [1.54, 1.807) is 0 Å². The maximum atomic E-state index is 12.6. The SMILES string of the molecule is C[Si](C)C1CCCCC1(C(N)=O)C1C=Cc2ccccc21. The molecule has 1 aromatic rings. The molecule has 1 fully saturated rings. The summed E-state index contributed by atoms with van der Waals surface area (Å²) in [5.41, 5.74) is 8.69. The van der Waals surface area contributed by atoms with Gasteiger partial charge in [0.15, 0.2) is 0 Å². The molecule has 3 atom stereocenters. The van der Waals surface area contributed by atoms with Crippen LogP contribution in [0.25, 0.3) is 6.08 Å². The van der Waals surface area contributed by atoms with Crippen LogP contribution in [0.3, 0.4) is 0 Å². The zero-order valence-electron chi connectivity index (χ0n) is 12.9. The number of amides is 1. The molecule has 1 saturated carbocycles. The van der Waals surface area contributed by atoms with E-state index in [-0.39, 0.29) is 17.2 Å². The second kappa shape index (κ2) is 5.45. The van der Waals surface area contributed by atoms with Gasteiger partial charge in [0.2, 0.25) is 5.91 Å². The van der Waals surface area contributed by atoms with Crippen LogP contribution < -0.4 is 5.73 Å². The van der Waals surface area contributed by atoms with E-state index in [4.69, 9.17) is 5.73 Å². The van der Waals surface area contributed by atoms with Gasteiger partial charge < -0.3 is 5.73 Å². The Morgan fingerprint density at radius 3 is 2.76 bits per heavy atom. The van der Waals surface area contributed by atoms with Gasteiger partial charge in [-0.2, -0.15) is 0 Å². The van der Waals surface area contributed by atoms with Gasteiger partial charge in [-0.1, -0.05) is 68.8 Å². The number of hydrogen-bond acceptors (Lipinski definition) is 1. The van der Waals surface area contributed by atoms with E-state index < -0.39 is 8.80 Å². The summed E-state index contributed by atoms with van der Waals surface area (Å²) in [6.07, 6.45) is 8.89. The van der Waals surface area contributed by atoms with E-state index >= 15 is 0 Å². The molecule has 21 heavy (non-hydrogen) atoms. The fourth-order valence-electron chi connectivity index (χ4n) is 4.52. The van der Waals surface area contributed by atoms with Crippen LogP contribution in [0.5, 0.6) is 0 Å². The molecule has 1 aromatic carbocycles. The van der Waals surface area contributed by atoms with Gasteiger partial charge in [-0.25, -0.2) is 0 Å². The normalized spacial score (nSPS) is 31.4. The Morgan fingerprint density at radius 2 is 2.05 bits per heavy atom. The van der Waals surface area contributed by atoms with Gasteiger partial charge in [-0.05, 0) is 23.1 Å². The average molecular weight is 298 g/mol. The number of hydrogen-bond donors (Lipinski definition) is 1. The first kappa shape index (κ1) is 14.6. The van der Waals surface area contributed by atoms with E-state index in [0.29, 0.717) is 5.54 Å². The summed E-state index contributed by atoms with van der Waals surface area (Å²) in [6, 6.07) is 8.46. The molecule has 3 heteroatoms. The van der Waals surface area contributed by atoms with E-state index in [1.165, 1.54) is 17.5 Å². The van der Waals surface area contributed by atoms with Gasteiger partial charge in [-0.15, -0.1) is 0 Å². The molecule has 0 saturated heterocycles. The molecule has 3 rings (SSSR count). The minimum Gasteiger partial charge on any atom is -0.369 e. The highest BCUT2D eigenvalue weighted by Crippen LogP contribution is 2.57. The minimum absolute atomic E-state index is 0.0789. The lowest BCUT2D eigenvalue weighted by atomic mass is 9.63. The fraction of sp³-hybridized carbons (Fsp3) is 0.500. The molecular formula is C18H24NOSi. The molecule has 0 heterocycles. The molecule has 2 N–H and O–H groups in total. The molecule has 1 amide bonds. The van der Waals surface area contributed by atoms with Crippen LogP contribution in [0.1, 0.15) is 42.7 Å². The maximum Gasteiger partial charge on any atom is 0.224 e.